The lowest BCUT2D eigenvalue weighted by Crippen LogP contribution is -2.39. The van der Waals surface area contributed by atoms with Gasteiger partial charge in [-0.3, -0.25) is 14.6 Å². The maximum atomic E-state index is 13.9. The summed E-state index contributed by atoms with van der Waals surface area (Å²) >= 11 is 7.81. The molecule has 0 atom stereocenters. The molecule has 3 heterocycles. The summed E-state index contributed by atoms with van der Waals surface area (Å²) in [6, 6.07) is 19.8. The van der Waals surface area contributed by atoms with Crippen LogP contribution in [0.15, 0.2) is 71.6 Å². The number of para-hydroxylation sites is 1. The smallest absolute Gasteiger partial charge is 0.260 e. The highest BCUT2D eigenvalue weighted by Gasteiger charge is 2.29. The van der Waals surface area contributed by atoms with Crippen molar-refractivity contribution in [2.24, 2.45) is 0 Å². The summed E-state index contributed by atoms with van der Waals surface area (Å²) in [4.78, 5) is 22.8. The number of thiazole rings is 1. The summed E-state index contributed by atoms with van der Waals surface area (Å²) < 4.78 is 34.8. The number of ether oxygens (including phenoxy) is 1. The van der Waals surface area contributed by atoms with E-state index >= 15 is 0 Å². The molecule has 0 aliphatic carbocycles. The number of rotatable bonds is 8. The van der Waals surface area contributed by atoms with Crippen LogP contribution in [0.2, 0.25) is 5.02 Å². The molecule has 0 N–H and O–H groups in total. The first-order valence-electron chi connectivity index (χ1n) is 13.7. The van der Waals surface area contributed by atoms with Crippen molar-refractivity contribution in [1.29, 1.82) is 0 Å². The van der Waals surface area contributed by atoms with E-state index in [1.165, 1.54) is 33.3 Å². The minimum Gasteiger partial charge on any atom is -0.379 e. The fraction of sp³-hybridized carbons (Fsp3) is 0.333. The fourth-order valence-electron chi connectivity index (χ4n) is 5.33. The molecule has 0 saturated carbocycles. The van der Waals surface area contributed by atoms with Crippen LogP contribution in [0, 0.1) is 0 Å². The van der Waals surface area contributed by atoms with E-state index in [-0.39, 0.29) is 10.8 Å². The molecule has 3 aromatic carbocycles. The van der Waals surface area contributed by atoms with Gasteiger partial charge in [-0.1, -0.05) is 53.3 Å². The lowest BCUT2D eigenvalue weighted by molar-refractivity contribution is 0.0376. The Kier molecular flexibility index (Phi) is 8.39. The zero-order valence-corrected chi connectivity index (χ0v) is 24.9. The Morgan fingerprint density at radius 3 is 2.49 bits per heavy atom. The molecule has 1 aromatic heterocycles. The van der Waals surface area contributed by atoms with Crippen LogP contribution < -0.4 is 4.90 Å². The van der Waals surface area contributed by atoms with Crippen LogP contribution >= 0.6 is 22.9 Å². The van der Waals surface area contributed by atoms with Crippen LogP contribution in [-0.2, 0) is 27.7 Å². The number of amides is 1. The van der Waals surface area contributed by atoms with E-state index in [9.17, 15) is 13.2 Å². The minimum absolute atomic E-state index is 0.180. The number of sulfonamides is 1. The number of anilines is 1. The van der Waals surface area contributed by atoms with Gasteiger partial charge < -0.3 is 4.74 Å². The largest absolute Gasteiger partial charge is 0.379 e. The summed E-state index contributed by atoms with van der Waals surface area (Å²) in [6.45, 7) is 5.28. The number of morpholine rings is 1. The van der Waals surface area contributed by atoms with Gasteiger partial charge in [0, 0.05) is 44.8 Å². The molecule has 0 spiro atoms. The van der Waals surface area contributed by atoms with Crippen LogP contribution in [-0.4, -0.2) is 74.5 Å². The van der Waals surface area contributed by atoms with Crippen LogP contribution in [0.5, 0.6) is 0 Å². The number of fused-ring (bicyclic) bond motifs is 2. The third kappa shape index (κ3) is 6.04. The van der Waals surface area contributed by atoms with Gasteiger partial charge in [0.1, 0.15) is 5.52 Å². The second-order valence-electron chi connectivity index (χ2n) is 10.2. The third-order valence-corrected chi connectivity index (χ3v) is 10.8. The number of hydrogen-bond donors (Lipinski definition) is 0. The third-order valence-electron chi connectivity index (χ3n) is 7.63. The van der Waals surface area contributed by atoms with Gasteiger partial charge in [0.2, 0.25) is 10.0 Å². The van der Waals surface area contributed by atoms with E-state index in [1.807, 2.05) is 36.4 Å². The normalized spacial score (nSPS) is 16.5. The molecule has 4 aromatic rings. The van der Waals surface area contributed by atoms with Gasteiger partial charge in [-0.25, -0.2) is 13.4 Å². The Morgan fingerprint density at radius 2 is 1.73 bits per heavy atom. The van der Waals surface area contributed by atoms with E-state index in [0.29, 0.717) is 47.3 Å². The SMILES string of the molecule is O=C(c1ccc(S(=O)(=O)N2CCc3ccccc3C2)cc1)N(CCCN1CCOCC1)c1nc2c(Cl)cccc2s1. The zero-order valence-electron chi connectivity index (χ0n) is 22.5. The first-order chi connectivity index (χ1) is 19.9. The Labute approximate surface area is 249 Å². The van der Waals surface area contributed by atoms with Crippen LogP contribution in [0.3, 0.4) is 0 Å². The Balaban J connectivity index is 1.22. The highest BCUT2D eigenvalue weighted by atomic mass is 35.5. The minimum atomic E-state index is -3.70. The van der Waals surface area contributed by atoms with Crippen LogP contribution in [0.1, 0.15) is 27.9 Å². The van der Waals surface area contributed by atoms with E-state index in [2.05, 4.69) is 4.90 Å². The monoisotopic (exact) mass is 610 g/mol. The predicted molar refractivity (Wildman–Crippen MR) is 162 cm³/mol. The number of aromatic nitrogens is 1. The first kappa shape index (κ1) is 28.3. The van der Waals surface area contributed by atoms with E-state index in [4.69, 9.17) is 21.3 Å². The first-order valence-corrected chi connectivity index (χ1v) is 16.4. The van der Waals surface area contributed by atoms with E-state index < -0.39 is 10.0 Å². The van der Waals surface area contributed by atoms with Gasteiger partial charge in [-0.2, -0.15) is 4.31 Å². The number of halogens is 1. The molecule has 0 bridgehead atoms. The molecule has 1 fully saturated rings. The highest BCUT2D eigenvalue weighted by molar-refractivity contribution is 7.89. The molecule has 41 heavy (non-hydrogen) atoms. The lowest BCUT2D eigenvalue weighted by Gasteiger charge is -2.28. The van der Waals surface area contributed by atoms with Crippen molar-refractivity contribution in [3.05, 3.63) is 88.4 Å². The molecule has 0 radical (unpaired) electrons. The standard InChI is InChI=1S/C30H31ClN4O4S2/c31-26-7-3-8-27-28(26)32-30(40-27)35(15-4-14-33-17-19-39-20-18-33)29(36)23-9-11-25(12-10-23)41(37,38)34-16-13-22-5-1-2-6-24(22)21-34/h1-3,5-12H,4,13-21H2. The van der Waals surface area contributed by atoms with Crippen LogP contribution in [0.25, 0.3) is 10.2 Å². The molecule has 214 valence electrons. The Hall–Kier alpha value is -2.86. The maximum absolute atomic E-state index is 13.9. The summed E-state index contributed by atoms with van der Waals surface area (Å²) in [5.41, 5.74) is 3.29. The van der Waals surface area contributed by atoms with Crippen molar-refractivity contribution in [2.75, 3.05) is 50.8 Å². The molecule has 11 heteroatoms. The fourth-order valence-corrected chi connectivity index (χ4v) is 8.04. The van der Waals surface area contributed by atoms with Gasteiger partial charge in [-0.15, -0.1) is 0 Å². The Bertz CT molecular complexity index is 1650. The molecule has 0 unspecified atom stereocenters. The van der Waals surface area contributed by atoms with Crippen molar-refractivity contribution in [2.45, 2.75) is 24.3 Å². The van der Waals surface area contributed by atoms with E-state index in [1.54, 1.807) is 23.1 Å². The van der Waals surface area contributed by atoms with Gasteiger partial charge >= 0.3 is 0 Å². The van der Waals surface area contributed by atoms with Gasteiger partial charge in [0.25, 0.3) is 5.91 Å². The number of hydrogen-bond acceptors (Lipinski definition) is 7. The molecule has 8 nitrogen and oxygen atoms in total. The highest BCUT2D eigenvalue weighted by Crippen LogP contribution is 2.34. The number of benzene rings is 3. The van der Waals surface area contributed by atoms with Gasteiger partial charge in [-0.05, 0) is 60.4 Å². The quantitative estimate of drug-likeness (QED) is 0.277. The van der Waals surface area contributed by atoms with Crippen molar-refractivity contribution in [1.82, 2.24) is 14.2 Å². The molecule has 1 saturated heterocycles. The topological polar surface area (TPSA) is 83.1 Å². The average molecular weight is 611 g/mol. The maximum Gasteiger partial charge on any atom is 0.260 e. The molecular formula is C30H31ClN4O4S2. The molecule has 6 rings (SSSR count). The van der Waals surface area contributed by atoms with Gasteiger partial charge in [0.05, 0.1) is 27.8 Å². The summed E-state index contributed by atoms with van der Waals surface area (Å²) in [5.74, 6) is -0.224. The lowest BCUT2D eigenvalue weighted by atomic mass is 10.0. The van der Waals surface area contributed by atoms with E-state index in [0.717, 1.165) is 49.5 Å². The second-order valence-corrected chi connectivity index (χ2v) is 13.6. The summed E-state index contributed by atoms with van der Waals surface area (Å²) in [6.07, 6.45) is 1.44. The summed E-state index contributed by atoms with van der Waals surface area (Å²) in [7, 11) is -3.70. The predicted octanol–water partition coefficient (Wildman–Crippen LogP) is 5.07. The zero-order chi connectivity index (χ0) is 28.4. The summed E-state index contributed by atoms with van der Waals surface area (Å²) in [5, 5.41) is 1.12. The molecule has 2 aliphatic heterocycles. The molecule has 2 aliphatic rings. The number of carbonyl (C=O) groups is 1. The van der Waals surface area contributed by atoms with Crippen LogP contribution in [0.4, 0.5) is 5.13 Å². The Morgan fingerprint density at radius 1 is 0.976 bits per heavy atom. The second kappa shape index (κ2) is 12.2. The van der Waals surface area contributed by atoms with Gasteiger partial charge in [0.15, 0.2) is 5.13 Å². The number of nitrogens with zero attached hydrogens (tertiary/aromatic N) is 4. The van der Waals surface area contributed by atoms with Crippen molar-refractivity contribution < 1.29 is 17.9 Å². The molecule has 1 amide bonds. The van der Waals surface area contributed by atoms with Crippen molar-refractivity contribution >= 4 is 54.2 Å². The van der Waals surface area contributed by atoms with Crippen molar-refractivity contribution in [3.63, 3.8) is 0 Å². The molecular weight excluding hydrogens is 580 g/mol. The van der Waals surface area contributed by atoms with Crippen molar-refractivity contribution in [3.8, 4) is 0 Å². The average Bonchev–Trinajstić information content (AvgIpc) is 3.45. The number of carbonyl (C=O) groups excluding carboxylic acids is 1.